The van der Waals surface area contributed by atoms with Crippen LogP contribution in [0.4, 0.5) is 0 Å². The van der Waals surface area contributed by atoms with Gasteiger partial charge < -0.3 is 9.41 Å². The third-order valence-electron chi connectivity index (χ3n) is 6.03. The summed E-state index contributed by atoms with van der Waals surface area (Å²) in [6.45, 7) is 26.3. The zero-order chi connectivity index (χ0) is 24.9. The van der Waals surface area contributed by atoms with Crippen molar-refractivity contribution in [2.45, 2.75) is 105 Å². The quantitative estimate of drug-likeness (QED) is 0.284. The third kappa shape index (κ3) is 5.49. The van der Waals surface area contributed by atoms with Gasteiger partial charge in [0.05, 0.1) is 9.47 Å². The summed E-state index contributed by atoms with van der Waals surface area (Å²) in [4.78, 5) is 5.11. The average molecular weight is 459 g/mol. The molecule has 1 atom stereocenters. The number of hydrogen-bond donors (Lipinski definition) is 1. The maximum Gasteiger partial charge on any atom is 0.176 e. The second kappa shape index (κ2) is 8.65. The summed E-state index contributed by atoms with van der Waals surface area (Å²) >= 11 is 0. The lowest BCUT2D eigenvalue weighted by Crippen LogP contribution is -2.19. The van der Waals surface area contributed by atoms with Gasteiger partial charge in [-0.1, -0.05) is 95.2 Å². The summed E-state index contributed by atoms with van der Waals surface area (Å²) in [5.74, 6) is 1.28. The SMILES string of the molecule is CC(C)(C)c1cc(-c2cc(C(C)(C)C)cc(C(C)(C)C)c2OP)c(OO)c(C(C)(C)C)c1. The zero-order valence-electron chi connectivity index (χ0n) is 22.2. The van der Waals surface area contributed by atoms with Crippen LogP contribution in [0.3, 0.4) is 0 Å². The summed E-state index contributed by atoms with van der Waals surface area (Å²) in [5, 5.41) is 10.1. The van der Waals surface area contributed by atoms with Crippen LogP contribution in [-0.2, 0) is 21.7 Å². The summed E-state index contributed by atoms with van der Waals surface area (Å²) < 4.78 is 5.96. The molecule has 178 valence electrons. The molecule has 0 aliphatic carbocycles. The van der Waals surface area contributed by atoms with Crippen molar-refractivity contribution in [3.63, 3.8) is 0 Å². The largest absolute Gasteiger partial charge is 0.479 e. The smallest absolute Gasteiger partial charge is 0.176 e. The standard InChI is InChI=1S/C28H43O3P/c1-25(2,3)17-13-19(23(30-29)21(15-17)27(7,8)9)20-14-18(26(4,5)6)16-22(24(20)31-32)28(10,11)12/h13-16,29H,32H2,1-12H3. The van der Waals surface area contributed by atoms with Crippen LogP contribution in [0.15, 0.2) is 24.3 Å². The van der Waals surface area contributed by atoms with E-state index in [0.717, 1.165) is 28.0 Å². The summed E-state index contributed by atoms with van der Waals surface area (Å²) in [7, 11) is 2.42. The van der Waals surface area contributed by atoms with Crippen molar-refractivity contribution in [1.29, 1.82) is 0 Å². The summed E-state index contributed by atoms with van der Waals surface area (Å²) in [6, 6.07) is 8.74. The minimum atomic E-state index is -0.218. The normalized spacial score (nSPS) is 13.3. The fourth-order valence-electron chi connectivity index (χ4n) is 3.86. The minimum Gasteiger partial charge on any atom is -0.479 e. The zero-order valence-corrected chi connectivity index (χ0v) is 23.3. The van der Waals surface area contributed by atoms with E-state index in [4.69, 9.17) is 9.41 Å². The lowest BCUT2D eigenvalue weighted by atomic mass is 9.75. The fourth-order valence-corrected chi connectivity index (χ4v) is 4.12. The first-order chi connectivity index (χ1) is 14.3. The van der Waals surface area contributed by atoms with E-state index in [0.29, 0.717) is 5.75 Å². The molecule has 4 heteroatoms. The molecule has 3 nitrogen and oxygen atoms in total. The van der Waals surface area contributed by atoms with Crippen molar-refractivity contribution in [3.8, 4) is 22.6 Å². The van der Waals surface area contributed by atoms with Crippen molar-refractivity contribution in [2.75, 3.05) is 0 Å². The second-order valence-electron chi connectivity index (χ2n) is 13.0. The van der Waals surface area contributed by atoms with Gasteiger partial charge >= 0.3 is 0 Å². The molecule has 2 aromatic carbocycles. The first kappa shape index (κ1) is 26.7. The van der Waals surface area contributed by atoms with Crippen LogP contribution in [0.5, 0.6) is 11.5 Å². The van der Waals surface area contributed by atoms with Crippen molar-refractivity contribution in [1.82, 2.24) is 0 Å². The first-order valence-corrected chi connectivity index (χ1v) is 11.9. The molecule has 2 aromatic rings. The minimum absolute atomic E-state index is 0.0527. The molecule has 0 saturated heterocycles. The molecule has 1 unspecified atom stereocenters. The maximum absolute atomic E-state index is 10.1. The highest BCUT2D eigenvalue weighted by molar-refractivity contribution is 7.10. The first-order valence-electron chi connectivity index (χ1n) is 11.4. The van der Waals surface area contributed by atoms with Gasteiger partial charge in [-0.15, -0.1) is 0 Å². The van der Waals surface area contributed by atoms with E-state index in [1.807, 2.05) is 0 Å². The summed E-state index contributed by atoms with van der Waals surface area (Å²) in [5.41, 5.74) is 5.80. The molecule has 0 radical (unpaired) electrons. The molecule has 2 rings (SSSR count). The Morgan fingerprint density at radius 3 is 1.19 bits per heavy atom. The molecule has 0 saturated carbocycles. The molecule has 0 amide bonds. The van der Waals surface area contributed by atoms with Crippen LogP contribution in [0.2, 0.25) is 0 Å². The molecule has 1 N–H and O–H groups in total. The van der Waals surface area contributed by atoms with Gasteiger partial charge in [0.15, 0.2) is 5.75 Å². The van der Waals surface area contributed by atoms with Gasteiger partial charge in [0.2, 0.25) is 0 Å². The Morgan fingerprint density at radius 1 is 0.562 bits per heavy atom. The van der Waals surface area contributed by atoms with E-state index < -0.39 is 0 Å². The third-order valence-corrected chi connectivity index (χ3v) is 6.26. The molecule has 0 spiro atoms. The van der Waals surface area contributed by atoms with Crippen LogP contribution >= 0.6 is 9.47 Å². The van der Waals surface area contributed by atoms with Crippen LogP contribution in [-0.4, -0.2) is 5.26 Å². The van der Waals surface area contributed by atoms with E-state index >= 15 is 0 Å². The summed E-state index contributed by atoms with van der Waals surface area (Å²) in [6.07, 6.45) is 0. The maximum atomic E-state index is 10.1. The molecule has 32 heavy (non-hydrogen) atoms. The Hall–Kier alpha value is -1.57. The topological polar surface area (TPSA) is 38.7 Å². The van der Waals surface area contributed by atoms with E-state index in [-0.39, 0.29) is 21.7 Å². The van der Waals surface area contributed by atoms with Crippen molar-refractivity contribution < 1.29 is 14.7 Å². The molecule has 0 aliphatic rings. The van der Waals surface area contributed by atoms with Crippen LogP contribution in [0.25, 0.3) is 11.1 Å². The molecular weight excluding hydrogens is 415 g/mol. The predicted octanol–water partition coefficient (Wildman–Crippen LogP) is 8.56. The highest BCUT2D eigenvalue weighted by atomic mass is 31.0. The molecule has 0 heterocycles. The number of benzene rings is 2. The predicted molar refractivity (Wildman–Crippen MR) is 140 cm³/mol. The van der Waals surface area contributed by atoms with Crippen molar-refractivity contribution >= 4 is 9.47 Å². The van der Waals surface area contributed by atoms with E-state index in [1.54, 1.807) is 0 Å². The van der Waals surface area contributed by atoms with Gasteiger partial charge in [-0.25, -0.2) is 5.26 Å². The van der Waals surface area contributed by atoms with Crippen LogP contribution in [0, 0.1) is 0 Å². The van der Waals surface area contributed by atoms with E-state index in [9.17, 15) is 5.26 Å². The lowest BCUT2D eigenvalue weighted by molar-refractivity contribution is -0.138. The Morgan fingerprint density at radius 2 is 0.906 bits per heavy atom. The van der Waals surface area contributed by atoms with Gasteiger partial charge in [-0.2, -0.15) is 0 Å². The Kier molecular flexibility index (Phi) is 7.21. The van der Waals surface area contributed by atoms with Gasteiger partial charge in [-0.05, 0) is 44.9 Å². The highest BCUT2D eigenvalue weighted by Gasteiger charge is 2.31. The molecule has 0 fully saturated rings. The van der Waals surface area contributed by atoms with Crippen LogP contribution in [0.1, 0.15) is 105 Å². The monoisotopic (exact) mass is 458 g/mol. The molecule has 0 bridgehead atoms. The Labute approximate surface area is 198 Å². The van der Waals surface area contributed by atoms with Crippen LogP contribution < -0.4 is 9.41 Å². The van der Waals surface area contributed by atoms with Gasteiger partial charge in [-0.3, -0.25) is 0 Å². The number of hydrogen-bond acceptors (Lipinski definition) is 3. The lowest BCUT2D eigenvalue weighted by Gasteiger charge is -2.31. The van der Waals surface area contributed by atoms with Gasteiger partial charge in [0.1, 0.15) is 5.75 Å². The second-order valence-corrected chi connectivity index (χ2v) is 13.2. The van der Waals surface area contributed by atoms with Crippen molar-refractivity contribution in [3.05, 3.63) is 46.5 Å². The Balaban J connectivity index is 3.14. The van der Waals surface area contributed by atoms with Gasteiger partial charge in [0, 0.05) is 22.3 Å². The number of rotatable bonds is 3. The molecule has 0 aromatic heterocycles. The van der Waals surface area contributed by atoms with Crippen molar-refractivity contribution in [2.24, 2.45) is 0 Å². The Bertz CT molecular complexity index is 897. The average Bonchev–Trinajstić information content (AvgIpc) is 2.62. The molecule has 0 aliphatic heterocycles. The highest BCUT2D eigenvalue weighted by Crippen LogP contribution is 2.49. The van der Waals surface area contributed by atoms with E-state index in [2.05, 4.69) is 117 Å². The van der Waals surface area contributed by atoms with Gasteiger partial charge in [0.25, 0.3) is 0 Å². The fraction of sp³-hybridized carbons (Fsp3) is 0.571. The van der Waals surface area contributed by atoms with E-state index in [1.165, 1.54) is 11.1 Å². The molecular formula is C28H43O3P.